The van der Waals surface area contributed by atoms with Crippen LogP contribution in [0.3, 0.4) is 0 Å². The average Bonchev–Trinajstić information content (AvgIpc) is 2.79. The summed E-state index contributed by atoms with van der Waals surface area (Å²) in [4.78, 5) is 23.6. The Morgan fingerprint density at radius 2 is 1.60 bits per heavy atom. The predicted octanol–water partition coefficient (Wildman–Crippen LogP) is 5.24. The SMILES string of the molecule is CC(C)(C)OC(=O)CC/C(=C\F)COc1ccc(S(=O)(=O)CC23CCC(C(=O)O)(CC2)CC3)cc1. The number of benzene rings is 1. The Kier molecular flexibility index (Phi) is 7.99. The van der Waals surface area contributed by atoms with Crippen molar-refractivity contribution in [1.29, 1.82) is 0 Å². The Labute approximate surface area is 206 Å². The molecule has 3 aliphatic carbocycles. The molecule has 4 rings (SSSR count). The largest absolute Gasteiger partial charge is 0.489 e. The standard InChI is InChI=1S/C26H35FO7S/c1-24(2,3)34-22(28)9-4-19(16-27)17-33-20-5-7-21(8-6-20)35(31,32)18-25-10-13-26(14-11-25,15-12-25)23(29)30/h5-8,16H,4,9-15,17-18H2,1-3H3,(H,29,30)/b19-16+. The van der Waals surface area contributed by atoms with E-state index in [1.807, 2.05) is 0 Å². The smallest absolute Gasteiger partial charge is 0.309 e. The van der Waals surface area contributed by atoms with Crippen LogP contribution in [0.25, 0.3) is 0 Å². The summed E-state index contributed by atoms with van der Waals surface area (Å²) in [6, 6.07) is 6.03. The van der Waals surface area contributed by atoms with Crippen LogP contribution in [0.5, 0.6) is 5.75 Å². The van der Waals surface area contributed by atoms with E-state index in [0.717, 1.165) is 0 Å². The number of hydrogen-bond acceptors (Lipinski definition) is 6. The molecule has 2 bridgehead atoms. The quantitative estimate of drug-likeness (QED) is 0.429. The van der Waals surface area contributed by atoms with Crippen molar-refractivity contribution in [3.8, 4) is 5.75 Å². The van der Waals surface area contributed by atoms with Crippen LogP contribution in [0, 0.1) is 10.8 Å². The lowest BCUT2D eigenvalue weighted by atomic mass is 9.54. The molecular weight excluding hydrogens is 475 g/mol. The van der Waals surface area contributed by atoms with E-state index in [2.05, 4.69) is 0 Å². The number of fused-ring (bicyclic) bond motifs is 3. The van der Waals surface area contributed by atoms with Gasteiger partial charge in [-0.3, -0.25) is 9.59 Å². The number of carbonyl (C=O) groups is 2. The van der Waals surface area contributed by atoms with Gasteiger partial charge in [0.15, 0.2) is 9.84 Å². The van der Waals surface area contributed by atoms with Crippen LogP contribution in [0.2, 0.25) is 0 Å². The first-order valence-corrected chi connectivity index (χ1v) is 13.6. The summed E-state index contributed by atoms with van der Waals surface area (Å²) in [5, 5.41) is 9.55. The summed E-state index contributed by atoms with van der Waals surface area (Å²) in [5.74, 6) is -0.786. The Morgan fingerprint density at radius 3 is 2.09 bits per heavy atom. The lowest BCUT2D eigenvalue weighted by Crippen LogP contribution is -2.48. The molecule has 0 radical (unpaired) electrons. The van der Waals surface area contributed by atoms with E-state index in [-0.39, 0.29) is 35.5 Å². The first-order valence-electron chi connectivity index (χ1n) is 12.0. The molecule has 1 aromatic rings. The summed E-state index contributed by atoms with van der Waals surface area (Å²) in [7, 11) is -3.56. The third kappa shape index (κ3) is 6.84. The molecule has 0 atom stereocenters. The third-order valence-corrected chi connectivity index (χ3v) is 9.17. The average molecular weight is 511 g/mol. The second-order valence-electron chi connectivity index (χ2n) is 11.0. The molecular formula is C26H35FO7S. The summed E-state index contributed by atoms with van der Waals surface area (Å²) >= 11 is 0. The van der Waals surface area contributed by atoms with Crippen LogP contribution < -0.4 is 4.74 Å². The van der Waals surface area contributed by atoms with Crippen molar-refractivity contribution in [2.45, 2.75) is 82.6 Å². The maximum Gasteiger partial charge on any atom is 0.309 e. The summed E-state index contributed by atoms with van der Waals surface area (Å²) < 4.78 is 50.2. The number of carboxylic acid groups (broad SMARTS) is 1. The van der Waals surface area contributed by atoms with Crippen LogP contribution >= 0.6 is 0 Å². The molecule has 35 heavy (non-hydrogen) atoms. The van der Waals surface area contributed by atoms with Gasteiger partial charge in [-0.05, 0) is 101 Å². The zero-order valence-electron chi connectivity index (χ0n) is 20.6. The fraction of sp³-hybridized carbons (Fsp3) is 0.615. The molecule has 0 aliphatic heterocycles. The Bertz CT molecular complexity index is 1040. The Balaban J connectivity index is 1.54. The van der Waals surface area contributed by atoms with Crippen LogP contribution in [0.1, 0.15) is 72.1 Å². The number of carboxylic acids is 1. The van der Waals surface area contributed by atoms with Crippen molar-refractivity contribution in [2.75, 3.05) is 12.4 Å². The molecule has 0 spiro atoms. The van der Waals surface area contributed by atoms with E-state index in [0.29, 0.717) is 56.2 Å². The maximum atomic E-state index is 13.2. The number of rotatable bonds is 10. The van der Waals surface area contributed by atoms with Gasteiger partial charge in [0.1, 0.15) is 18.0 Å². The predicted molar refractivity (Wildman–Crippen MR) is 128 cm³/mol. The van der Waals surface area contributed by atoms with Gasteiger partial charge in [-0.1, -0.05) is 0 Å². The highest BCUT2D eigenvalue weighted by atomic mass is 32.2. The van der Waals surface area contributed by atoms with Crippen molar-refractivity contribution in [3.63, 3.8) is 0 Å². The van der Waals surface area contributed by atoms with E-state index in [9.17, 15) is 27.5 Å². The number of esters is 1. The van der Waals surface area contributed by atoms with E-state index in [4.69, 9.17) is 9.47 Å². The monoisotopic (exact) mass is 510 g/mol. The summed E-state index contributed by atoms with van der Waals surface area (Å²) in [5.41, 5.74) is -1.35. The van der Waals surface area contributed by atoms with Crippen molar-refractivity contribution >= 4 is 21.8 Å². The van der Waals surface area contributed by atoms with Gasteiger partial charge in [0.2, 0.25) is 0 Å². The third-order valence-electron chi connectivity index (χ3n) is 7.18. The first-order chi connectivity index (χ1) is 16.3. The normalized spacial score (nSPS) is 24.7. The highest BCUT2D eigenvalue weighted by Gasteiger charge is 2.53. The fourth-order valence-electron chi connectivity index (χ4n) is 5.02. The molecule has 0 saturated heterocycles. The molecule has 3 saturated carbocycles. The number of aliphatic carboxylic acids is 1. The maximum absolute atomic E-state index is 13.2. The van der Waals surface area contributed by atoms with Crippen LogP contribution in [0.4, 0.5) is 4.39 Å². The Hall–Kier alpha value is -2.42. The second kappa shape index (κ2) is 10.3. The van der Waals surface area contributed by atoms with Gasteiger partial charge in [0, 0.05) is 6.42 Å². The molecule has 0 heterocycles. The van der Waals surface area contributed by atoms with Crippen LogP contribution in [-0.2, 0) is 24.2 Å². The van der Waals surface area contributed by atoms with Gasteiger partial charge in [0.25, 0.3) is 0 Å². The highest BCUT2D eigenvalue weighted by molar-refractivity contribution is 7.91. The molecule has 194 valence electrons. The number of ether oxygens (including phenoxy) is 2. The van der Waals surface area contributed by atoms with Gasteiger partial charge in [-0.2, -0.15) is 0 Å². The molecule has 0 unspecified atom stereocenters. The highest BCUT2D eigenvalue weighted by Crippen LogP contribution is 2.57. The lowest BCUT2D eigenvalue weighted by molar-refractivity contribution is -0.158. The molecule has 0 amide bonds. The molecule has 0 aromatic heterocycles. The van der Waals surface area contributed by atoms with E-state index in [1.54, 1.807) is 20.8 Å². The van der Waals surface area contributed by atoms with Crippen LogP contribution in [0.15, 0.2) is 41.1 Å². The minimum absolute atomic E-state index is 0.00923. The van der Waals surface area contributed by atoms with Crippen LogP contribution in [-0.4, -0.2) is 43.4 Å². The molecule has 9 heteroatoms. The zero-order chi connectivity index (χ0) is 25.9. The number of sulfone groups is 1. The lowest BCUT2D eigenvalue weighted by Gasteiger charge is -2.51. The molecule has 7 nitrogen and oxygen atoms in total. The van der Waals surface area contributed by atoms with E-state index in [1.165, 1.54) is 24.3 Å². The summed E-state index contributed by atoms with van der Waals surface area (Å²) in [6.45, 7) is 5.21. The van der Waals surface area contributed by atoms with Crippen molar-refractivity contribution < 1.29 is 37.0 Å². The Morgan fingerprint density at radius 1 is 1.03 bits per heavy atom. The minimum atomic E-state index is -3.56. The molecule has 3 aliphatic rings. The molecule has 3 fully saturated rings. The minimum Gasteiger partial charge on any atom is -0.489 e. The van der Waals surface area contributed by atoms with E-state index >= 15 is 0 Å². The summed E-state index contributed by atoms with van der Waals surface area (Å²) in [6.07, 6.45) is 4.03. The van der Waals surface area contributed by atoms with Crippen molar-refractivity contribution in [2.24, 2.45) is 10.8 Å². The van der Waals surface area contributed by atoms with Gasteiger partial charge in [0.05, 0.1) is 22.4 Å². The van der Waals surface area contributed by atoms with Gasteiger partial charge >= 0.3 is 11.9 Å². The van der Waals surface area contributed by atoms with Crippen molar-refractivity contribution in [3.05, 3.63) is 36.2 Å². The van der Waals surface area contributed by atoms with Gasteiger partial charge < -0.3 is 14.6 Å². The zero-order valence-corrected chi connectivity index (χ0v) is 21.5. The molecule has 1 N–H and O–H groups in total. The second-order valence-corrected chi connectivity index (χ2v) is 12.9. The molecule has 1 aromatic carbocycles. The van der Waals surface area contributed by atoms with Gasteiger partial charge in [-0.15, -0.1) is 0 Å². The fourth-order valence-corrected chi connectivity index (χ4v) is 6.98. The van der Waals surface area contributed by atoms with Gasteiger partial charge in [-0.25, -0.2) is 12.8 Å². The van der Waals surface area contributed by atoms with Crippen molar-refractivity contribution in [1.82, 2.24) is 0 Å². The van der Waals surface area contributed by atoms with E-state index < -0.39 is 32.8 Å². The number of carbonyl (C=O) groups excluding carboxylic acids is 1. The number of hydrogen-bond donors (Lipinski definition) is 1. The first kappa shape index (κ1) is 27.2. The number of halogens is 1. The topological polar surface area (TPSA) is 107 Å².